The summed E-state index contributed by atoms with van der Waals surface area (Å²) in [5.41, 5.74) is 4.17. The number of nitrogens with zero attached hydrogens (tertiary/aromatic N) is 3. The fraction of sp³-hybridized carbons (Fsp3) is 0.630. The molecule has 1 fully saturated rings. The van der Waals surface area contributed by atoms with Crippen molar-refractivity contribution in [1.29, 1.82) is 0 Å². The van der Waals surface area contributed by atoms with E-state index in [0.29, 0.717) is 0 Å². The molecule has 1 aromatic carbocycles. The Morgan fingerprint density at radius 3 is 2.47 bits per heavy atom. The van der Waals surface area contributed by atoms with Crippen LogP contribution >= 0.6 is 0 Å². The van der Waals surface area contributed by atoms with Crippen LogP contribution in [0.1, 0.15) is 57.4 Å². The predicted octanol–water partition coefficient (Wildman–Crippen LogP) is 4.13. The van der Waals surface area contributed by atoms with Gasteiger partial charge in [-0.25, -0.2) is 0 Å². The fourth-order valence-corrected chi connectivity index (χ4v) is 4.35. The summed E-state index contributed by atoms with van der Waals surface area (Å²) in [5, 5.41) is 10.5. The molecule has 1 aliphatic heterocycles. The third kappa shape index (κ3) is 7.73. The summed E-state index contributed by atoms with van der Waals surface area (Å²) in [4.78, 5) is 4.89. The summed E-state index contributed by atoms with van der Waals surface area (Å²) in [7, 11) is 0. The van der Waals surface area contributed by atoms with Crippen molar-refractivity contribution in [2.45, 2.75) is 65.1 Å². The average Bonchev–Trinajstić information content (AvgIpc) is 3.19. The number of ether oxygens (including phenoxy) is 1. The zero-order valence-corrected chi connectivity index (χ0v) is 20.6. The summed E-state index contributed by atoms with van der Waals surface area (Å²) in [6, 6.07) is 13.4. The molecule has 0 aliphatic carbocycles. The summed E-state index contributed by atoms with van der Waals surface area (Å²) in [5.74, 6) is 0. The second-order valence-electron chi connectivity index (χ2n) is 10.2. The summed E-state index contributed by atoms with van der Waals surface area (Å²) in [6.45, 7) is 17.0. The lowest BCUT2D eigenvalue weighted by atomic mass is 9.87. The first kappa shape index (κ1) is 25.0. The van der Waals surface area contributed by atoms with Gasteiger partial charge in [-0.3, -0.25) is 9.80 Å². The first-order chi connectivity index (χ1) is 15.3. The minimum atomic E-state index is -0.266. The number of aliphatic hydroxyl groups excluding tert-OH is 1. The molecule has 0 radical (unpaired) electrons. The van der Waals surface area contributed by atoms with E-state index in [2.05, 4.69) is 84.7 Å². The van der Waals surface area contributed by atoms with Gasteiger partial charge >= 0.3 is 0 Å². The third-order valence-corrected chi connectivity index (χ3v) is 6.41. The van der Waals surface area contributed by atoms with Crippen molar-refractivity contribution >= 4 is 0 Å². The minimum Gasteiger partial charge on any atom is -0.392 e. The molecule has 0 unspecified atom stereocenters. The van der Waals surface area contributed by atoms with Crippen molar-refractivity contribution in [2.24, 2.45) is 0 Å². The first-order valence-corrected chi connectivity index (χ1v) is 12.3. The largest absolute Gasteiger partial charge is 0.392 e. The van der Waals surface area contributed by atoms with Crippen molar-refractivity contribution < 1.29 is 9.84 Å². The normalized spacial score (nSPS) is 16.6. The van der Waals surface area contributed by atoms with Crippen LogP contribution in [0.25, 0.3) is 0 Å². The highest BCUT2D eigenvalue weighted by Gasteiger charge is 2.17. The number of aromatic nitrogens is 1. The van der Waals surface area contributed by atoms with Gasteiger partial charge in [-0.05, 0) is 35.1 Å². The van der Waals surface area contributed by atoms with E-state index in [1.54, 1.807) is 0 Å². The third-order valence-electron chi connectivity index (χ3n) is 6.41. The minimum absolute atomic E-state index is 0.178. The maximum absolute atomic E-state index is 10.5. The van der Waals surface area contributed by atoms with E-state index in [4.69, 9.17) is 4.74 Å². The quantitative estimate of drug-likeness (QED) is 0.569. The van der Waals surface area contributed by atoms with E-state index in [-0.39, 0.29) is 11.5 Å². The number of aliphatic hydroxyl groups is 1. The number of rotatable bonds is 11. The highest BCUT2D eigenvalue weighted by molar-refractivity contribution is 5.28. The topological polar surface area (TPSA) is 40.9 Å². The van der Waals surface area contributed by atoms with Crippen LogP contribution in [-0.2, 0) is 23.2 Å². The molecular weight excluding hydrogens is 398 g/mol. The van der Waals surface area contributed by atoms with Crippen LogP contribution in [0.5, 0.6) is 0 Å². The summed E-state index contributed by atoms with van der Waals surface area (Å²) < 4.78 is 7.84. The molecule has 3 rings (SSSR count). The molecule has 5 heteroatoms. The van der Waals surface area contributed by atoms with E-state index in [1.807, 2.05) is 0 Å². The smallest absolute Gasteiger partial charge is 0.0667 e. The Morgan fingerprint density at radius 2 is 1.81 bits per heavy atom. The molecule has 5 nitrogen and oxygen atoms in total. The lowest BCUT2D eigenvalue weighted by Crippen LogP contribution is -2.43. The number of morpholine rings is 1. The molecule has 1 atom stereocenters. The first-order valence-electron chi connectivity index (χ1n) is 12.3. The number of hydrogen-bond donors (Lipinski definition) is 1. The molecule has 178 valence electrons. The number of hydrogen-bond acceptors (Lipinski definition) is 4. The second kappa shape index (κ2) is 12.0. The van der Waals surface area contributed by atoms with Gasteiger partial charge in [0.15, 0.2) is 0 Å². The highest BCUT2D eigenvalue weighted by atomic mass is 16.5. The van der Waals surface area contributed by atoms with Crippen molar-refractivity contribution in [1.82, 2.24) is 14.4 Å². The number of benzene rings is 1. The molecule has 0 spiro atoms. The van der Waals surface area contributed by atoms with Crippen LogP contribution < -0.4 is 0 Å². The standard InChI is InChI=1S/C27H43N3O2/c1-5-7-26(31)22-29(15-14-28-16-18-32-19-17-28)21-25-8-6-13-30(25)20-23-9-11-24(12-10-23)27(2,3)4/h6,8-13,26,31H,5,7,14-22H2,1-4H3/t26-/m1/s1. The van der Waals surface area contributed by atoms with Gasteiger partial charge in [-0.2, -0.15) is 0 Å². The van der Waals surface area contributed by atoms with E-state index >= 15 is 0 Å². The van der Waals surface area contributed by atoms with E-state index in [9.17, 15) is 5.11 Å². The lowest BCUT2D eigenvalue weighted by Gasteiger charge is -2.31. The van der Waals surface area contributed by atoms with Crippen LogP contribution in [0.2, 0.25) is 0 Å². The Kier molecular flexibility index (Phi) is 9.35. The molecule has 1 aliphatic rings. The SMILES string of the molecule is CCC[C@@H](O)CN(CCN1CCOCC1)Cc1cccn1Cc1ccc(C(C)(C)C)cc1. The van der Waals surface area contributed by atoms with Gasteiger partial charge in [0.2, 0.25) is 0 Å². The van der Waals surface area contributed by atoms with Gasteiger partial charge in [-0.15, -0.1) is 0 Å². The summed E-state index contributed by atoms with van der Waals surface area (Å²) in [6.07, 6.45) is 3.78. The molecule has 0 bridgehead atoms. The van der Waals surface area contributed by atoms with Crippen LogP contribution in [0, 0.1) is 0 Å². The van der Waals surface area contributed by atoms with Gasteiger partial charge in [-0.1, -0.05) is 58.4 Å². The molecule has 1 saturated heterocycles. The Balaban J connectivity index is 1.64. The van der Waals surface area contributed by atoms with Gasteiger partial charge in [0, 0.05) is 57.7 Å². The molecule has 2 aromatic rings. The van der Waals surface area contributed by atoms with E-state index < -0.39 is 0 Å². The fourth-order valence-electron chi connectivity index (χ4n) is 4.35. The molecule has 0 saturated carbocycles. The van der Waals surface area contributed by atoms with Crippen LogP contribution in [0.3, 0.4) is 0 Å². The van der Waals surface area contributed by atoms with Crippen LogP contribution in [0.15, 0.2) is 42.6 Å². The highest BCUT2D eigenvalue weighted by Crippen LogP contribution is 2.22. The second-order valence-corrected chi connectivity index (χ2v) is 10.2. The van der Waals surface area contributed by atoms with Crippen molar-refractivity contribution in [3.05, 3.63) is 59.4 Å². The summed E-state index contributed by atoms with van der Waals surface area (Å²) >= 11 is 0. The molecule has 1 N–H and O–H groups in total. The van der Waals surface area contributed by atoms with Gasteiger partial charge in [0.25, 0.3) is 0 Å². The molecule has 0 amide bonds. The zero-order valence-electron chi connectivity index (χ0n) is 20.6. The predicted molar refractivity (Wildman–Crippen MR) is 132 cm³/mol. The maximum atomic E-state index is 10.5. The Hall–Kier alpha value is -1.66. The van der Waals surface area contributed by atoms with E-state index in [0.717, 1.165) is 71.9 Å². The Morgan fingerprint density at radius 1 is 1.09 bits per heavy atom. The average molecular weight is 442 g/mol. The Bertz CT molecular complexity index is 788. The molecule has 2 heterocycles. The maximum Gasteiger partial charge on any atom is 0.0667 e. The zero-order chi connectivity index (χ0) is 23.0. The molecular formula is C27H43N3O2. The molecule has 32 heavy (non-hydrogen) atoms. The lowest BCUT2D eigenvalue weighted by molar-refractivity contribution is 0.0285. The van der Waals surface area contributed by atoms with Crippen molar-refractivity contribution in [3.8, 4) is 0 Å². The van der Waals surface area contributed by atoms with Crippen molar-refractivity contribution in [2.75, 3.05) is 45.9 Å². The molecule has 1 aromatic heterocycles. The van der Waals surface area contributed by atoms with Gasteiger partial charge in [0.05, 0.1) is 19.3 Å². The van der Waals surface area contributed by atoms with Gasteiger partial charge < -0.3 is 14.4 Å². The van der Waals surface area contributed by atoms with Gasteiger partial charge in [0.1, 0.15) is 0 Å². The van der Waals surface area contributed by atoms with Crippen LogP contribution in [-0.4, -0.2) is 71.5 Å². The van der Waals surface area contributed by atoms with Crippen LogP contribution in [0.4, 0.5) is 0 Å². The van der Waals surface area contributed by atoms with E-state index in [1.165, 1.54) is 16.8 Å². The Labute approximate surface area is 195 Å². The van der Waals surface area contributed by atoms with Crippen molar-refractivity contribution in [3.63, 3.8) is 0 Å². The monoisotopic (exact) mass is 441 g/mol.